The molecule has 0 spiro atoms. The first-order chi connectivity index (χ1) is 8.47. The van der Waals surface area contributed by atoms with Crippen molar-refractivity contribution in [3.8, 4) is 0 Å². The minimum Gasteiger partial charge on any atom is -0.389 e. The van der Waals surface area contributed by atoms with Crippen molar-refractivity contribution in [1.29, 1.82) is 0 Å². The quantitative estimate of drug-likeness (QED) is 0.863. The van der Waals surface area contributed by atoms with Gasteiger partial charge in [-0.15, -0.1) is 5.10 Å². The maximum absolute atomic E-state index is 10.6. The summed E-state index contributed by atoms with van der Waals surface area (Å²) in [5.74, 6) is 0.691. The molecule has 1 fully saturated rings. The van der Waals surface area contributed by atoms with Crippen LogP contribution in [-0.2, 0) is 13.5 Å². The zero-order valence-corrected chi connectivity index (χ0v) is 11.6. The third kappa shape index (κ3) is 3.53. The summed E-state index contributed by atoms with van der Waals surface area (Å²) in [6.07, 6.45) is 4.17. The van der Waals surface area contributed by atoms with Crippen LogP contribution in [0.5, 0.6) is 0 Å². The Hall–Kier alpha value is -0.940. The molecule has 1 aromatic heterocycles. The fourth-order valence-corrected chi connectivity index (χ4v) is 2.66. The van der Waals surface area contributed by atoms with Gasteiger partial charge in [0.15, 0.2) is 0 Å². The van der Waals surface area contributed by atoms with Gasteiger partial charge in [-0.2, -0.15) is 0 Å². The summed E-state index contributed by atoms with van der Waals surface area (Å²) in [5, 5.41) is 18.6. The molecule has 0 saturated carbocycles. The Balaban J connectivity index is 1.87. The van der Waals surface area contributed by atoms with Crippen molar-refractivity contribution >= 4 is 0 Å². The van der Waals surface area contributed by atoms with Crippen LogP contribution >= 0.6 is 0 Å². The first kappa shape index (κ1) is 13.5. The van der Waals surface area contributed by atoms with Crippen LogP contribution in [0.3, 0.4) is 0 Å². The van der Waals surface area contributed by atoms with Gasteiger partial charge in [0.05, 0.1) is 11.3 Å². The minimum absolute atomic E-state index is 0.594. The Bertz CT molecular complexity index is 380. The van der Waals surface area contributed by atoms with E-state index in [1.54, 1.807) is 4.68 Å². The predicted molar refractivity (Wildman–Crippen MR) is 70.2 cm³/mol. The number of hydrogen-bond donors (Lipinski definition) is 1. The highest BCUT2D eigenvalue weighted by Crippen LogP contribution is 2.26. The Labute approximate surface area is 109 Å². The molecule has 0 bridgehead atoms. The molecular formula is C13H24N4O. The summed E-state index contributed by atoms with van der Waals surface area (Å²) in [6.45, 7) is 7.56. The molecule has 2 rings (SSSR count). The van der Waals surface area contributed by atoms with Crippen molar-refractivity contribution in [3.05, 3.63) is 11.9 Å². The number of likely N-dealkylation sites (tertiary alicyclic amines) is 1. The van der Waals surface area contributed by atoms with E-state index in [1.165, 1.54) is 0 Å². The van der Waals surface area contributed by atoms with Gasteiger partial charge in [0, 0.05) is 39.3 Å². The Kier molecular flexibility index (Phi) is 4.02. The number of aryl methyl sites for hydroxylation is 1. The number of hydrogen-bond acceptors (Lipinski definition) is 4. The summed E-state index contributed by atoms with van der Waals surface area (Å²) in [7, 11) is 1.85. The molecule has 0 aliphatic carbocycles. The van der Waals surface area contributed by atoms with Crippen LogP contribution in [0.25, 0.3) is 0 Å². The molecule has 5 heteroatoms. The van der Waals surface area contributed by atoms with E-state index in [0.29, 0.717) is 12.3 Å². The van der Waals surface area contributed by atoms with E-state index in [9.17, 15) is 5.11 Å². The highest BCUT2D eigenvalue weighted by atomic mass is 16.3. The second-order valence-corrected chi connectivity index (χ2v) is 5.98. The normalized spacial score (nSPS) is 20.5. The Morgan fingerprint density at radius 1 is 1.39 bits per heavy atom. The minimum atomic E-state index is -0.594. The van der Waals surface area contributed by atoms with Crippen LogP contribution in [-0.4, -0.2) is 50.2 Å². The third-order valence-corrected chi connectivity index (χ3v) is 3.57. The lowest BCUT2D eigenvalue weighted by Gasteiger charge is -2.38. The highest BCUT2D eigenvalue weighted by molar-refractivity contribution is 5.01. The molecule has 1 aromatic rings. The highest BCUT2D eigenvalue weighted by Gasteiger charge is 2.33. The zero-order valence-electron chi connectivity index (χ0n) is 11.6. The standard InChI is InChI=1S/C13H24N4O/c1-11(2)9-17-6-4-13(18,5-7-17)8-12-10-16(3)15-14-12/h10-11,18H,4-9H2,1-3H3. The number of piperidine rings is 1. The summed E-state index contributed by atoms with van der Waals surface area (Å²) in [4.78, 5) is 2.44. The molecule has 1 N–H and O–H groups in total. The van der Waals surface area contributed by atoms with Gasteiger partial charge in [-0.25, -0.2) is 0 Å². The monoisotopic (exact) mass is 252 g/mol. The van der Waals surface area contributed by atoms with Crippen molar-refractivity contribution in [2.24, 2.45) is 13.0 Å². The number of rotatable bonds is 4. The van der Waals surface area contributed by atoms with Crippen LogP contribution in [0, 0.1) is 5.92 Å². The van der Waals surface area contributed by atoms with Crippen LogP contribution in [0.2, 0.25) is 0 Å². The maximum Gasteiger partial charge on any atom is 0.0855 e. The number of aliphatic hydroxyl groups is 1. The lowest BCUT2D eigenvalue weighted by Crippen LogP contribution is -2.46. The van der Waals surface area contributed by atoms with E-state index in [4.69, 9.17) is 0 Å². The first-order valence-corrected chi connectivity index (χ1v) is 6.77. The van der Waals surface area contributed by atoms with Crippen molar-refractivity contribution in [1.82, 2.24) is 19.9 Å². The van der Waals surface area contributed by atoms with Crippen molar-refractivity contribution in [3.63, 3.8) is 0 Å². The van der Waals surface area contributed by atoms with Crippen LogP contribution in [0.1, 0.15) is 32.4 Å². The molecule has 5 nitrogen and oxygen atoms in total. The van der Waals surface area contributed by atoms with E-state index < -0.39 is 5.60 Å². The summed E-state index contributed by atoms with van der Waals surface area (Å²) in [6, 6.07) is 0. The topological polar surface area (TPSA) is 54.2 Å². The molecule has 0 atom stereocenters. The van der Waals surface area contributed by atoms with Gasteiger partial charge >= 0.3 is 0 Å². The molecule has 1 aliphatic rings. The molecule has 0 radical (unpaired) electrons. The van der Waals surface area contributed by atoms with Gasteiger partial charge in [-0.3, -0.25) is 4.68 Å². The van der Waals surface area contributed by atoms with Gasteiger partial charge in [0.1, 0.15) is 0 Å². The van der Waals surface area contributed by atoms with Gasteiger partial charge in [0.2, 0.25) is 0 Å². The number of nitrogens with zero attached hydrogens (tertiary/aromatic N) is 4. The van der Waals surface area contributed by atoms with Gasteiger partial charge in [-0.05, 0) is 18.8 Å². The van der Waals surface area contributed by atoms with Crippen LogP contribution in [0.4, 0.5) is 0 Å². The maximum atomic E-state index is 10.6. The van der Waals surface area contributed by atoms with E-state index in [0.717, 1.165) is 38.2 Å². The van der Waals surface area contributed by atoms with E-state index in [-0.39, 0.29) is 0 Å². The molecular weight excluding hydrogens is 228 g/mol. The smallest absolute Gasteiger partial charge is 0.0855 e. The molecule has 18 heavy (non-hydrogen) atoms. The molecule has 2 heterocycles. The Morgan fingerprint density at radius 2 is 2.06 bits per heavy atom. The van der Waals surface area contributed by atoms with Crippen molar-refractivity contribution < 1.29 is 5.11 Å². The molecule has 1 saturated heterocycles. The van der Waals surface area contributed by atoms with Crippen LogP contribution in [0.15, 0.2) is 6.20 Å². The fraction of sp³-hybridized carbons (Fsp3) is 0.846. The van der Waals surface area contributed by atoms with Crippen molar-refractivity contribution in [2.75, 3.05) is 19.6 Å². The van der Waals surface area contributed by atoms with E-state index in [1.807, 2.05) is 13.2 Å². The molecule has 0 aromatic carbocycles. The summed E-state index contributed by atoms with van der Waals surface area (Å²) in [5.41, 5.74) is 0.293. The molecule has 0 unspecified atom stereocenters. The number of aromatic nitrogens is 3. The first-order valence-electron chi connectivity index (χ1n) is 6.77. The van der Waals surface area contributed by atoms with Gasteiger partial charge < -0.3 is 10.0 Å². The zero-order chi connectivity index (χ0) is 13.2. The average molecular weight is 252 g/mol. The summed E-state index contributed by atoms with van der Waals surface area (Å²) >= 11 is 0. The molecule has 1 aliphatic heterocycles. The largest absolute Gasteiger partial charge is 0.389 e. The fourth-order valence-electron chi connectivity index (χ4n) is 2.66. The lowest BCUT2D eigenvalue weighted by atomic mass is 9.87. The predicted octanol–water partition coefficient (Wildman–Crippen LogP) is 0.840. The molecule has 0 amide bonds. The Morgan fingerprint density at radius 3 is 2.56 bits per heavy atom. The van der Waals surface area contributed by atoms with Gasteiger partial charge in [-0.1, -0.05) is 19.1 Å². The van der Waals surface area contributed by atoms with Crippen molar-refractivity contribution in [2.45, 2.75) is 38.7 Å². The third-order valence-electron chi connectivity index (χ3n) is 3.57. The second-order valence-electron chi connectivity index (χ2n) is 5.98. The van der Waals surface area contributed by atoms with E-state index >= 15 is 0 Å². The lowest BCUT2D eigenvalue weighted by molar-refractivity contribution is -0.0234. The average Bonchev–Trinajstić information content (AvgIpc) is 2.67. The molecule has 102 valence electrons. The van der Waals surface area contributed by atoms with Crippen LogP contribution < -0.4 is 0 Å². The van der Waals surface area contributed by atoms with E-state index in [2.05, 4.69) is 29.1 Å². The second kappa shape index (κ2) is 5.36. The summed E-state index contributed by atoms with van der Waals surface area (Å²) < 4.78 is 1.69. The SMILES string of the molecule is CC(C)CN1CCC(O)(Cc2cn(C)nn2)CC1. The van der Waals surface area contributed by atoms with Gasteiger partial charge in [0.25, 0.3) is 0 Å².